The quantitative estimate of drug-likeness (QED) is 0.689. The first-order valence-corrected chi connectivity index (χ1v) is 13.0. The summed E-state index contributed by atoms with van der Waals surface area (Å²) in [6.07, 6.45) is 3.42. The van der Waals surface area contributed by atoms with Crippen LogP contribution in [0.2, 0.25) is 0 Å². The van der Waals surface area contributed by atoms with Crippen LogP contribution in [0.3, 0.4) is 0 Å². The number of carbonyl (C=O) groups is 2. The van der Waals surface area contributed by atoms with E-state index in [0.29, 0.717) is 6.54 Å². The molecule has 0 saturated heterocycles. The van der Waals surface area contributed by atoms with Crippen molar-refractivity contribution in [2.75, 3.05) is 16.3 Å². The van der Waals surface area contributed by atoms with Crippen LogP contribution in [0.5, 0.6) is 0 Å². The molecular formula is C25H28N2O4S. The Balaban J connectivity index is 1.47. The van der Waals surface area contributed by atoms with Gasteiger partial charge in [0.2, 0.25) is 11.8 Å². The van der Waals surface area contributed by atoms with Crippen LogP contribution in [-0.2, 0) is 25.2 Å². The van der Waals surface area contributed by atoms with Crippen LogP contribution in [0, 0.1) is 5.92 Å². The van der Waals surface area contributed by atoms with Crippen LogP contribution < -0.4 is 9.80 Å². The van der Waals surface area contributed by atoms with Crippen molar-refractivity contribution in [3.05, 3.63) is 48.0 Å². The zero-order chi connectivity index (χ0) is 22.6. The van der Waals surface area contributed by atoms with Gasteiger partial charge in [-0.1, -0.05) is 30.3 Å². The van der Waals surface area contributed by atoms with E-state index < -0.39 is 9.84 Å². The van der Waals surface area contributed by atoms with Crippen molar-refractivity contribution in [3.8, 4) is 11.1 Å². The second-order valence-electron chi connectivity index (χ2n) is 9.37. The molecule has 6 nitrogen and oxygen atoms in total. The van der Waals surface area contributed by atoms with Crippen molar-refractivity contribution in [3.63, 3.8) is 0 Å². The monoisotopic (exact) mass is 452 g/mol. The molecule has 2 saturated carbocycles. The van der Waals surface area contributed by atoms with E-state index in [-0.39, 0.29) is 34.8 Å². The predicted molar refractivity (Wildman–Crippen MR) is 125 cm³/mol. The van der Waals surface area contributed by atoms with Crippen LogP contribution in [0.25, 0.3) is 11.1 Å². The van der Waals surface area contributed by atoms with Crippen molar-refractivity contribution in [2.45, 2.75) is 56.6 Å². The molecule has 0 bridgehead atoms. The maximum atomic E-state index is 13.0. The van der Waals surface area contributed by atoms with E-state index in [2.05, 4.69) is 0 Å². The van der Waals surface area contributed by atoms with Crippen molar-refractivity contribution >= 4 is 33.0 Å². The predicted octanol–water partition coefficient (Wildman–Crippen LogP) is 3.93. The first-order chi connectivity index (χ1) is 15.2. The Kier molecular flexibility index (Phi) is 5.12. The minimum absolute atomic E-state index is 0.0359. The van der Waals surface area contributed by atoms with Gasteiger partial charge in [0.15, 0.2) is 9.84 Å². The molecule has 1 heterocycles. The van der Waals surface area contributed by atoms with Crippen molar-refractivity contribution in [2.24, 2.45) is 5.92 Å². The number of fused-ring (bicyclic) bond motifs is 1. The van der Waals surface area contributed by atoms with Gasteiger partial charge in [-0.25, -0.2) is 8.42 Å². The summed E-state index contributed by atoms with van der Waals surface area (Å²) in [5, 5.41) is -0.163. The molecule has 0 aromatic heterocycles. The van der Waals surface area contributed by atoms with E-state index in [1.165, 1.54) is 0 Å². The number of anilines is 2. The summed E-state index contributed by atoms with van der Waals surface area (Å²) < 4.78 is 24.6. The molecule has 0 radical (unpaired) electrons. The first-order valence-electron chi connectivity index (χ1n) is 11.3. The van der Waals surface area contributed by atoms with Gasteiger partial charge in [-0.2, -0.15) is 0 Å². The van der Waals surface area contributed by atoms with E-state index in [9.17, 15) is 18.0 Å². The summed E-state index contributed by atoms with van der Waals surface area (Å²) in [6, 6.07) is 13.4. The molecule has 2 aromatic rings. The highest BCUT2D eigenvalue weighted by Gasteiger charge is 2.40. The summed E-state index contributed by atoms with van der Waals surface area (Å²) in [5.74, 6) is 0.276. The van der Waals surface area contributed by atoms with Crippen LogP contribution >= 0.6 is 0 Å². The third-order valence-electron chi connectivity index (χ3n) is 6.63. The van der Waals surface area contributed by atoms with Crippen LogP contribution in [0.1, 0.15) is 45.1 Å². The molecule has 32 heavy (non-hydrogen) atoms. The molecular weight excluding hydrogens is 424 g/mol. The Hall–Kier alpha value is -2.67. The van der Waals surface area contributed by atoms with Gasteiger partial charge >= 0.3 is 0 Å². The van der Waals surface area contributed by atoms with Gasteiger partial charge < -0.3 is 9.80 Å². The molecule has 0 unspecified atom stereocenters. The SMILES string of the molecule is CC(=O)N1c2ccc(-c3ccc(CS(=O)(=O)C4CC4)cc3)cc2N(C(=O)C2CC2)C[C@@H]1C. The zero-order valence-electron chi connectivity index (χ0n) is 18.5. The molecule has 0 spiro atoms. The number of sulfone groups is 1. The normalized spacial score (nSPS) is 20.8. The summed E-state index contributed by atoms with van der Waals surface area (Å²) in [5.41, 5.74) is 4.22. The molecule has 2 aliphatic carbocycles. The highest BCUT2D eigenvalue weighted by Crippen LogP contribution is 2.42. The lowest BCUT2D eigenvalue weighted by molar-refractivity contribution is -0.120. The second kappa shape index (κ2) is 7.73. The highest BCUT2D eigenvalue weighted by molar-refractivity contribution is 7.91. The average Bonchev–Trinajstić information content (AvgIpc) is 3.64. The fraction of sp³-hybridized carbons (Fsp3) is 0.440. The third-order valence-corrected chi connectivity index (χ3v) is 8.86. The molecule has 2 fully saturated rings. The molecule has 3 aliphatic rings. The number of carbonyl (C=O) groups excluding carboxylic acids is 2. The fourth-order valence-electron chi connectivity index (χ4n) is 4.61. The van der Waals surface area contributed by atoms with Crippen LogP contribution in [-0.4, -0.2) is 38.1 Å². The van der Waals surface area contributed by atoms with Gasteiger partial charge in [0.1, 0.15) is 0 Å². The van der Waals surface area contributed by atoms with Crippen molar-refractivity contribution in [1.82, 2.24) is 0 Å². The minimum Gasteiger partial charge on any atom is -0.308 e. The maximum absolute atomic E-state index is 13.0. The second-order valence-corrected chi connectivity index (χ2v) is 11.6. The molecule has 2 aromatic carbocycles. The van der Waals surface area contributed by atoms with E-state index in [4.69, 9.17) is 0 Å². The number of nitrogens with zero attached hydrogens (tertiary/aromatic N) is 2. The topological polar surface area (TPSA) is 74.8 Å². The van der Waals surface area contributed by atoms with Gasteiger partial charge in [-0.05, 0) is 61.4 Å². The molecule has 5 rings (SSSR count). The molecule has 2 amide bonds. The van der Waals surface area contributed by atoms with Crippen LogP contribution in [0.4, 0.5) is 11.4 Å². The summed E-state index contributed by atoms with van der Waals surface area (Å²) in [6.45, 7) is 4.02. The van der Waals surface area contributed by atoms with Gasteiger partial charge in [0, 0.05) is 19.4 Å². The van der Waals surface area contributed by atoms with E-state index in [1.54, 1.807) is 11.8 Å². The van der Waals surface area contributed by atoms with Gasteiger partial charge in [-0.15, -0.1) is 0 Å². The lowest BCUT2D eigenvalue weighted by Crippen LogP contribution is -2.51. The lowest BCUT2D eigenvalue weighted by atomic mass is 9.99. The molecule has 0 N–H and O–H groups in total. The number of rotatable bonds is 5. The third kappa shape index (κ3) is 3.94. The zero-order valence-corrected chi connectivity index (χ0v) is 19.3. The lowest BCUT2D eigenvalue weighted by Gasteiger charge is -2.41. The van der Waals surface area contributed by atoms with E-state index in [1.807, 2.05) is 54.3 Å². The summed E-state index contributed by atoms with van der Waals surface area (Å²) >= 11 is 0. The summed E-state index contributed by atoms with van der Waals surface area (Å²) in [7, 11) is -3.05. The van der Waals surface area contributed by atoms with Crippen molar-refractivity contribution < 1.29 is 18.0 Å². The molecule has 7 heteroatoms. The van der Waals surface area contributed by atoms with Crippen molar-refractivity contribution in [1.29, 1.82) is 0 Å². The summed E-state index contributed by atoms with van der Waals surface area (Å²) in [4.78, 5) is 28.9. The fourth-order valence-corrected chi connectivity index (χ4v) is 6.36. The molecule has 1 aliphatic heterocycles. The number of hydrogen-bond acceptors (Lipinski definition) is 4. The standard InChI is InChI=1S/C25H28N2O4S/c1-16-14-26(25(29)20-7-8-20)24-13-21(9-12-23(24)27(16)17(2)28)19-5-3-18(4-6-19)15-32(30,31)22-10-11-22/h3-6,9,12-13,16,20,22H,7-8,10-11,14-15H2,1-2H3/t16-/m0/s1. The van der Waals surface area contributed by atoms with Gasteiger partial charge in [-0.3, -0.25) is 9.59 Å². The average molecular weight is 453 g/mol. The number of hydrogen-bond donors (Lipinski definition) is 0. The van der Waals surface area contributed by atoms with Gasteiger partial charge in [0.05, 0.1) is 28.4 Å². The van der Waals surface area contributed by atoms with E-state index in [0.717, 1.165) is 53.7 Å². The molecule has 168 valence electrons. The smallest absolute Gasteiger partial charge is 0.230 e. The first kappa shape index (κ1) is 21.2. The maximum Gasteiger partial charge on any atom is 0.230 e. The Bertz CT molecular complexity index is 1180. The highest BCUT2D eigenvalue weighted by atomic mass is 32.2. The Morgan fingerprint density at radius 2 is 1.59 bits per heavy atom. The largest absolute Gasteiger partial charge is 0.308 e. The Labute approximate surface area is 189 Å². The Morgan fingerprint density at radius 1 is 0.938 bits per heavy atom. The number of benzene rings is 2. The molecule has 1 atom stereocenters. The Morgan fingerprint density at radius 3 is 2.19 bits per heavy atom. The van der Waals surface area contributed by atoms with E-state index >= 15 is 0 Å². The minimum atomic E-state index is -3.05. The van der Waals surface area contributed by atoms with Gasteiger partial charge in [0.25, 0.3) is 0 Å². The van der Waals surface area contributed by atoms with Crippen LogP contribution in [0.15, 0.2) is 42.5 Å². The number of amides is 2.